The van der Waals surface area contributed by atoms with Crippen molar-refractivity contribution in [2.45, 2.75) is 6.54 Å². The third-order valence-corrected chi connectivity index (χ3v) is 2.58. The van der Waals surface area contributed by atoms with Gasteiger partial charge >= 0.3 is 0 Å². The molecule has 2 rings (SSSR count). The molecule has 0 atom stereocenters. The molecular formula is C12H15NO4. The van der Waals surface area contributed by atoms with Gasteiger partial charge in [-0.3, -0.25) is 0 Å². The molecule has 0 aliphatic carbocycles. The van der Waals surface area contributed by atoms with E-state index in [4.69, 9.17) is 24.4 Å². The second-order valence-corrected chi connectivity index (χ2v) is 3.47. The van der Waals surface area contributed by atoms with Crippen LogP contribution in [-0.4, -0.2) is 21.3 Å². The summed E-state index contributed by atoms with van der Waals surface area (Å²) in [7, 11) is 4.71. The molecule has 1 aromatic carbocycles. The van der Waals surface area contributed by atoms with Crippen LogP contribution >= 0.6 is 0 Å². The van der Waals surface area contributed by atoms with E-state index in [1.165, 1.54) is 0 Å². The van der Waals surface area contributed by atoms with Crippen LogP contribution in [0.15, 0.2) is 16.5 Å². The number of furan rings is 1. The standard InChI is InChI=1S/C12H15NO4/c1-14-10-5-9-8(4-7(6-13)17-9)11(15-2)12(10)16-3/h4-5H,6,13H2,1-3H3. The fourth-order valence-electron chi connectivity index (χ4n) is 1.81. The van der Waals surface area contributed by atoms with E-state index in [-0.39, 0.29) is 0 Å². The molecule has 1 heterocycles. The van der Waals surface area contributed by atoms with E-state index in [2.05, 4.69) is 0 Å². The highest BCUT2D eigenvalue weighted by Crippen LogP contribution is 2.44. The molecule has 0 spiro atoms. The van der Waals surface area contributed by atoms with E-state index in [9.17, 15) is 0 Å². The highest BCUT2D eigenvalue weighted by atomic mass is 16.5. The summed E-state index contributed by atoms with van der Waals surface area (Å²) in [6.45, 7) is 0.336. The zero-order valence-corrected chi connectivity index (χ0v) is 10.1. The van der Waals surface area contributed by atoms with Crippen molar-refractivity contribution in [2.75, 3.05) is 21.3 Å². The zero-order chi connectivity index (χ0) is 12.4. The number of benzene rings is 1. The lowest BCUT2D eigenvalue weighted by Gasteiger charge is -2.12. The third-order valence-electron chi connectivity index (χ3n) is 2.58. The Kier molecular flexibility index (Phi) is 3.10. The first-order valence-electron chi connectivity index (χ1n) is 5.16. The first-order chi connectivity index (χ1) is 8.24. The van der Waals surface area contributed by atoms with Crippen molar-refractivity contribution in [1.82, 2.24) is 0 Å². The van der Waals surface area contributed by atoms with Crippen molar-refractivity contribution in [2.24, 2.45) is 5.73 Å². The fourth-order valence-corrected chi connectivity index (χ4v) is 1.81. The van der Waals surface area contributed by atoms with Gasteiger partial charge in [-0.15, -0.1) is 0 Å². The topological polar surface area (TPSA) is 66.9 Å². The molecule has 0 saturated carbocycles. The molecule has 0 aliphatic heterocycles. The Morgan fingerprint density at radius 3 is 2.29 bits per heavy atom. The number of fused-ring (bicyclic) bond motifs is 1. The number of nitrogens with two attached hydrogens (primary N) is 1. The summed E-state index contributed by atoms with van der Waals surface area (Å²) in [4.78, 5) is 0. The Balaban J connectivity index is 2.76. The number of hydrogen-bond acceptors (Lipinski definition) is 5. The Labute approximate surface area is 99.0 Å². The van der Waals surface area contributed by atoms with Gasteiger partial charge in [0.25, 0.3) is 0 Å². The maximum absolute atomic E-state index is 5.56. The van der Waals surface area contributed by atoms with Crippen molar-refractivity contribution in [3.63, 3.8) is 0 Å². The molecular weight excluding hydrogens is 222 g/mol. The van der Waals surface area contributed by atoms with Gasteiger partial charge in [-0.05, 0) is 6.07 Å². The lowest BCUT2D eigenvalue weighted by molar-refractivity contribution is 0.326. The average Bonchev–Trinajstić information content (AvgIpc) is 2.78. The van der Waals surface area contributed by atoms with Gasteiger partial charge < -0.3 is 24.4 Å². The minimum absolute atomic E-state index is 0.336. The summed E-state index contributed by atoms with van der Waals surface area (Å²) in [5.41, 5.74) is 6.22. The number of ether oxygens (including phenoxy) is 3. The summed E-state index contributed by atoms with van der Waals surface area (Å²) in [5.74, 6) is 2.39. The maximum Gasteiger partial charge on any atom is 0.204 e. The molecule has 2 aromatic rings. The molecule has 0 fully saturated rings. The van der Waals surface area contributed by atoms with Crippen molar-refractivity contribution in [3.8, 4) is 17.2 Å². The first kappa shape index (κ1) is 11.6. The second kappa shape index (κ2) is 4.55. The molecule has 17 heavy (non-hydrogen) atoms. The molecule has 5 heteroatoms. The molecule has 0 unspecified atom stereocenters. The summed E-state index contributed by atoms with van der Waals surface area (Å²) in [6.07, 6.45) is 0. The average molecular weight is 237 g/mol. The second-order valence-electron chi connectivity index (χ2n) is 3.47. The third kappa shape index (κ3) is 1.78. The van der Waals surface area contributed by atoms with Crippen LogP contribution in [0.4, 0.5) is 0 Å². The maximum atomic E-state index is 5.56. The SMILES string of the molecule is COc1cc2oc(CN)cc2c(OC)c1OC. The molecule has 1 aromatic heterocycles. The van der Waals surface area contributed by atoms with E-state index in [0.29, 0.717) is 35.1 Å². The molecule has 0 bridgehead atoms. The molecule has 0 saturated heterocycles. The molecule has 5 nitrogen and oxygen atoms in total. The van der Waals surface area contributed by atoms with Crippen LogP contribution in [0.3, 0.4) is 0 Å². The molecule has 92 valence electrons. The number of methoxy groups -OCH3 is 3. The van der Waals surface area contributed by atoms with Crippen molar-refractivity contribution < 1.29 is 18.6 Å². The first-order valence-corrected chi connectivity index (χ1v) is 5.16. The highest BCUT2D eigenvalue weighted by molar-refractivity contribution is 5.90. The number of rotatable bonds is 4. The Morgan fingerprint density at radius 1 is 1.06 bits per heavy atom. The largest absolute Gasteiger partial charge is 0.493 e. The quantitative estimate of drug-likeness (QED) is 0.879. The summed E-state index contributed by atoms with van der Waals surface area (Å²) >= 11 is 0. The Hall–Kier alpha value is -1.88. The van der Waals surface area contributed by atoms with Crippen LogP contribution in [0.25, 0.3) is 11.0 Å². The highest BCUT2D eigenvalue weighted by Gasteiger charge is 2.18. The van der Waals surface area contributed by atoms with E-state index < -0.39 is 0 Å². The van der Waals surface area contributed by atoms with E-state index >= 15 is 0 Å². The Bertz CT molecular complexity index is 533. The molecule has 0 radical (unpaired) electrons. The van der Waals surface area contributed by atoms with E-state index in [0.717, 1.165) is 5.39 Å². The van der Waals surface area contributed by atoms with E-state index in [1.807, 2.05) is 6.07 Å². The summed E-state index contributed by atoms with van der Waals surface area (Å²) < 4.78 is 21.4. The van der Waals surface area contributed by atoms with Crippen molar-refractivity contribution in [3.05, 3.63) is 17.9 Å². The van der Waals surface area contributed by atoms with Crippen LogP contribution in [-0.2, 0) is 6.54 Å². The predicted octanol–water partition coefficient (Wildman–Crippen LogP) is 1.92. The lowest BCUT2D eigenvalue weighted by atomic mass is 10.2. The number of hydrogen-bond donors (Lipinski definition) is 1. The molecule has 2 N–H and O–H groups in total. The fraction of sp³-hybridized carbons (Fsp3) is 0.333. The van der Waals surface area contributed by atoms with E-state index in [1.54, 1.807) is 27.4 Å². The minimum atomic E-state index is 0.336. The van der Waals surface area contributed by atoms with Gasteiger partial charge in [0, 0.05) is 6.07 Å². The minimum Gasteiger partial charge on any atom is -0.493 e. The van der Waals surface area contributed by atoms with Crippen LogP contribution in [0, 0.1) is 0 Å². The van der Waals surface area contributed by atoms with Crippen molar-refractivity contribution >= 4 is 11.0 Å². The van der Waals surface area contributed by atoms with Crippen LogP contribution in [0.2, 0.25) is 0 Å². The van der Waals surface area contributed by atoms with Gasteiger partial charge in [0.1, 0.15) is 11.3 Å². The normalized spacial score (nSPS) is 10.6. The summed E-state index contributed by atoms with van der Waals surface area (Å²) in [5, 5.41) is 0.825. The van der Waals surface area contributed by atoms with Gasteiger partial charge in [-0.2, -0.15) is 0 Å². The molecule has 0 amide bonds. The van der Waals surface area contributed by atoms with Crippen molar-refractivity contribution in [1.29, 1.82) is 0 Å². The predicted molar refractivity (Wildman–Crippen MR) is 63.8 cm³/mol. The van der Waals surface area contributed by atoms with Gasteiger partial charge in [0.15, 0.2) is 11.5 Å². The van der Waals surface area contributed by atoms with Crippen LogP contribution in [0.1, 0.15) is 5.76 Å². The van der Waals surface area contributed by atoms with Gasteiger partial charge in [-0.25, -0.2) is 0 Å². The lowest BCUT2D eigenvalue weighted by Crippen LogP contribution is -1.94. The smallest absolute Gasteiger partial charge is 0.204 e. The van der Waals surface area contributed by atoms with Gasteiger partial charge in [0.05, 0.1) is 33.3 Å². The Morgan fingerprint density at radius 2 is 1.76 bits per heavy atom. The van der Waals surface area contributed by atoms with Gasteiger partial charge in [-0.1, -0.05) is 0 Å². The van der Waals surface area contributed by atoms with Crippen LogP contribution < -0.4 is 19.9 Å². The molecule has 0 aliphatic rings. The monoisotopic (exact) mass is 237 g/mol. The van der Waals surface area contributed by atoms with Crippen LogP contribution in [0.5, 0.6) is 17.2 Å². The summed E-state index contributed by atoms with van der Waals surface area (Å²) in [6, 6.07) is 3.60. The van der Waals surface area contributed by atoms with Gasteiger partial charge in [0.2, 0.25) is 5.75 Å². The zero-order valence-electron chi connectivity index (χ0n) is 10.1.